The van der Waals surface area contributed by atoms with Crippen LogP contribution in [0.4, 0.5) is 5.82 Å². The van der Waals surface area contributed by atoms with Crippen LogP contribution in [0.1, 0.15) is 35.8 Å². The minimum Gasteiger partial charge on any atom is -0.357 e. The Morgan fingerprint density at radius 2 is 1.92 bits per heavy atom. The van der Waals surface area contributed by atoms with Gasteiger partial charge < -0.3 is 9.47 Å². The molecule has 0 unspecified atom stereocenters. The predicted molar refractivity (Wildman–Crippen MR) is 98.7 cm³/mol. The normalized spacial score (nSPS) is 15.0. The third kappa shape index (κ3) is 3.42. The van der Waals surface area contributed by atoms with Crippen LogP contribution in [0.15, 0.2) is 55.1 Å². The third-order valence-electron chi connectivity index (χ3n) is 4.86. The van der Waals surface area contributed by atoms with Gasteiger partial charge in [-0.1, -0.05) is 6.07 Å². The van der Waals surface area contributed by atoms with Crippen LogP contribution in [-0.2, 0) is 6.54 Å². The summed E-state index contributed by atoms with van der Waals surface area (Å²) in [6.45, 7) is 2.59. The van der Waals surface area contributed by atoms with Crippen molar-refractivity contribution in [2.24, 2.45) is 0 Å². The fourth-order valence-electron chi connectivity index (χ4n) is 3.51. The molecule has 4 heterocycles. The Morgan fingerprint density at radius 1 is 1.04 bits per heavy atom. The van der Waals surface area contributed by atoms with E-state index in [4.69, 9.17) is 5.26 Å². The number of rotatable bonds is 4. The van der Waals surface area contributed by atoms with Gasteiger partial charge in [0.25, 0.3) is 0 Å². The average Bonchev–Trinajstić information content (AvgIpc) is 3.17. The van der Waals surface area contributed by atoms with Gasteiger partial charge in [-0.05, 0) is 37.1 Å². The summed E-state index contributed by atoms with van der Waals surface area (Å²) in [5.74, 6) is 2.46. The fourth-order valence-corrected chi connectivity index (χ4v) is 3.51. The van der Waals surface area contributed by atoms with E-state index in [0.29, 0.717) is 11.5 Å². The number of pyridine rings is 2. The van der Waals surface area contributed by atoms with Crippen LogP contribution in [0, 0.1) is 11.3 Å². The van der Waals surface area contributed by atoms with E-state index in [9.17, 15) is 0 Å². The number of aromatic nitrogens is 4. The summed E-state index contributed by atoms with van der Waals surface area (Å²) in [5.41, 5.74) is 1.70. The second kappa shape index (κ2) is 7.36. The van der Waals surface area contributed by atoms with Crippen molar-refractivity contribution < 1.29 is 0 Å². The largest absolute Gasteiger partial charge is 0.357 e. The Bertz CT molecular complexity index is 903. The van der Waals surface area contributed by atoms with Crippen molar-refractivity contribution in [3.8, 4) is 6.07 Å². The lowest BCUT2D eigenvalue weighted by Gasteiger charge is -2.32. The van der Waals surface area contributed by atoms with E-state index >= 15 is 0 Å². The lowest BCUT2D eigenvalue weighted by molar-refractivity contribution is 0.467. The Balaban J connectivity index is 1.44. The molecule has 0 N–H and O–H groups in total. The molecule has 0 radical (unpaired) electrons. The van der Waals surface area contributed by atoms with Crippen molar-refractivity contribution in [2.75, 3.05) is 18.0 Å². The predicted octanol–water partition coefficient (Wildman–Crippen LogP) is 2.98. The van der Waals surface area contributed by atoms with Crippen molar-refractivity contribution in [1.82, 2.24) is 19.5 Å². The molecule has 0 saturated carbocycles. The second-order valence-electron chi connectivity index (χ2n) is 6.51. The van der Waals surface area contributed by atoms with Crippen LogP contribution >= 0.6 is 0 Å². The molecule has 6 nitrogen and oxygen atoms in total. The SMILES string of the molecule is N#Cc1ccnc(N2CCC(c3nccn3Cc3ccccn3)CC2)c1. The molecule has 3 aromatic heterocycles. The number of piperidine rings is 1. The Kier molecular flexibility index (Phi) is 4.61. The Labute approximate surface area is 152 Å². The van der Waals surface area contributed by atoms with Crippen molar-refractivity contribution in [1.29, 1.82) is 5.26 Å². The monoisotopic (exact) mass is 344 g/mol. The van der Waals surface area contributed by atoms with Crippen LogP contribution in [0.3, 0.4) is 0 Å². The van der Waals surface area contributed by atoms with Gasteiger partial charge in [0.2, 0.25) is 0 Å². The van der Waals surface area contributed by atoms with Gasteiger partial charge in [0.1, 0.15) is 11.6 Å². The van der Waals surface area contributed by atoms with Crippen molar-refractivity contribution >= 4 is 5.82 Å². The van der Waals surface area contributed by atoms with Crippen molar-refractivity contribution in [2.45, 2.75) is 25.3 Å². The summed E-state index contributed by atoms with van der Waals surface area (Å²) in [6, 6.07) is 11.8. The van der Waals surface area contributed by atoms with Gasteiger partial charge in [0.05, 0.1) is 23.9 Å². The zero-order chi connectivity index (χ0) is 17.8. The molecular weight excluding hydrogens is 324 g/mol. The molecule has 1 aliphatic heterocycles. The summed E-state index contributed by atoms with van der Waals surface area (Å²) in [6.07, 6.45) is 9.50. The van der Waals surface area contributed by atoms with Crippen LogP contribution in [0.5, 0.6) is 0 Å². The third-order valence-corrected chi connectivity index (χ3v) is 4.86. The molecular formula is C20H20N6. The molecule has 1 aliphatic rings. The molecule has 6 heteroatoms. The van der Waals surface area contributed by atoms with Crippen LogP contribution in [0.2, 0.25) is 0 Å². The molecule has 4 rings (SSSR count). The van der Waals surface area contributed by atoms with E-state index in [-0.39, 0.29) is 0 Å². The highest BCUT2D eigenvalue weighted by molar-refractivity contribution is 5.45. The van der Waals surface area contributed by atoms with E-state index in [0.717, 1.165) is 49.8 Å². The lowest BCUT2D eigenvalue weighted by atomic mass is 9.95. The van der Waals surface area contributed by atoms with Gasteiger partial charge in [-0.15, -0.1) is 0 Å². The van der Waals surface area contributed by atoms with Gasteiger partial charge in [-0.2, -0.15) is 5.26 Å². The number of hydrogen-bond donors (Lipinski definition) is 0. The van der Waals surface area contributed by atoms with E-state index in [2.05, 4.69) is 30.5 Å². The standard InChI is InChI=1S/C20H20N6/c21-14-16-4-8-23-19(13-16)25-10-5-17(6-11-25)20-24-9-12-26(20)15-18-3-1-2-7-22-18/h1-4,7-9,12-13,17H,5-6,10-11,15H2. The number of nitrogens with zero attached hydrogens (tertiary/aromatic N) is 6. The van der Waals surface area contributed by atoms with Crippen LogP contribution in [-0.4, -0.2) is 32.6 Å². The zero-order valence-electron chi connectivity index (χ0n) is 14.5. The first-order valence-corrected chi connectivity index (χ1v) is 8.85. The van der Waals surface area contributed by atoms with Crippen LogP contribution in [0.25, 0.3) is 0 Å². The molecule has 1 fully saturated rings. The molecule has 3 aromatic rings. The molecule has 26 heavy (non-hydrogen) atoms. The molecule has 0 bridgehead atoms. The maximum atomic E-state index is 9.07. The highest BCUT2D eigenvalue weighted by Gasteiger charge is 2.24. The fraction of sp³-hybridized carbons (Fsp3) is 0.300. The van der Waals surface area contributed by atoms with Crippen molar-refractivity contribution in [3.05, 3.63) is 72.2 Å². The number of nitriles is 1. The second-order valence-corrected chi connectivity index (χ2v) is 6.51. The highest BCUT2D eigenvalue weighted by Crippen LogP contribution is 2.29. The minimum absolute atomic E-state index is 0.434. The molecule has 0 atom stereocenters. The van der Waals surface area contributed by atoms with Gasteiger partial charge in [0.15, 0.2) is 0 Å². The summed E-state index contributed by atoms with van der Waals surface area (Å²) < 4.78 is 2.21. The van der Waals surface area contributed by atoms with Crippen LogP contribution < -0.4 is 4.90 Å². The highest BCUT2D eigenvalue weighted by atomic mass is 15.2. The summed E-state index contributed by atoms with van der Waals surface area (Å²) in [4.78, 5) is 15.7. The Hall–Kier alpha value is -3.20. The van der Waals surface area contributed by atoms with Crippen molar-refractivity contribution in [3.63, 3.8) is 0 Å². The summed E-state index contributed by atoms with van der Waals surface area (Å²) >= 11 is 0. The minimum atomic E-state index is 0.434. The molecule has 0 amide bonds. The van der Waals surface area contributed by atoms with Gasteiger partial charge in [-0.25, -0.2) is 9.97 Å². The Morgan fingerprint density at radius 3 is 2.69 bits per heavy atom. The average molecular weight is 344 g/mol. The van der Waals surface area contributed by atoms with E-state index in [1.54, 1.807) is 12.3 Å². The number of anilines is 1. The van der Waals surface area contributed by atoms with E-state index in [1.165, 1.54) is 0 Å². The molecule has 130 valence electrons. The first-order chi connectivity index (χ1) is 12.8. The maximum absolute atomic E-state index is 9.07. The van der Waals surface area contributed by atoms with Gasteiger partial charge >= 0.3 is 0 Å². The van der Waals surface area contributed by atoms with E-state index in [1.807, 2.05) is 42.9 Å². The first-order valence-electron chi connectivity index (χ1n) is 8.85. The first kappa shape index (κ1) is 16.3. The number of imidazole rings is 1. The van der Waals surface area contributed by atoms with E-state index < -0.39 is 0 Å². The number of hydrogen-bond acceptors (Lipinski definition) is 5. The smallest absolute Gasteiger partial charge is 0.129 e. The quantitative estimate of drug-likeness (QED) is 0.728. The summed E-state index contributed by atoms with van der Waals surface area (Å²) in [7, 11) is 0. The van der Waals surface area contributed by atoms with Gasteiger partial charge in [0, 0.05) is 43.8 Å². The summed E-state index contributed by atoms with van der Waals surface area (Å²) in [5, 5.41) is 9.07. The lowest BCUT2D eigenvalue weighted by Crippen LogP contribution is -2.34. The molecule has 1 saturated heterocycles. The molecule has 0 aromatic carbocycles. The van der Waals surface area contributed by atoms with Gasteiger partial charge in [-0.3, -0.25) is 4.98 Å². The molecule has 0 aliphatic carbocycles. The maximum Gasteiger partial charge on any atom is 0.129 e. The zero-order valence-corrected chi connectivity index (χ0v) is 14.5. The molecule has 0 spiro atoms. The topological polar surface area (TPSA) is 70.6 Å².